The Morgan fingerprint density at radius 2 is 1.60 bits per heavy atom. The molecule has 2 aromatic carbocycles. The summed E-state index contributed by atoms with van der Waals surface area (Å²) in [7, 11) is 3.39. The molecular weight excluding hydrogens is 376 g/mol. The van der Waals surface area contributed by atoms with Gasteiger partial charge in [-0.15, -0.1) is 0 Å². The molecule has 6 heteroatoms. The molecule has 0 spiro atoms. The van der Waals surface area contributed by atoms with Gasteiger partial charge in [-0.25, -0.2) is 0 Å². The fraction of sp³-hybridized carbons (Fsp3) is 0.375. The van der Waals surface area contributed by atoms with Gasteiger partial charge in [0.25, 0.3) is 0 Å². The molecule has 1 unspecified atom stereocenters. The second-order valence-corrected chi connectivity index (χ2v) is 7.66. The molecule has 1 aliphatic heterocycles. The molecule has 30 heavy (non-hydrogen) atoms. The van der Waals surface area contributed by atoms with Gasteiger partial charge in [-0.1, -0.05) is 12.1 Å². The maximum atomic E-state index is 5.33. The minimum atomic E-state index is 0.356. The number of benzene rings is 2. The first-order chi connectivity index (χ1) is 14.8. The zero-order valence-electron chi connectivity index (χ0n) is 17.7. The Kier molecular flexibility index (Phi) is 6.67. The minimum Gasteiger partial charge on any atom is -0.497 e. The molecular formula is C24H30N4O2. The molecule has 1 aromatic heterocycles. The predicted octanol–water partition coefficient (Wildman–Crippen LogP) is 4.02. The number of aromatic amines is 1. The number of likely N-dealkylation sites (tertiary alicyclic amines) is 1. The van der Waals surface area contributed by atoms with Crippen LogP contribution in [0.2, 0.25) is 0 Å². The van der Waals surface area contributed by atoms with Crippen LogP contribution in [0, 0.1) is 0 Å². The summed E-state index contributed by atoms with van der Waals surface area (Å²) < 4.78 is 10.6. The van der Waals surface area contributed by atoms with Gasteiger partial charge in [0.15, 0.2) is 0 Å². The fourth-order valence-corrected chi connectivity index (χ4v) is 4.13. The predicted molar refractivity (Wildman–Crippen MR) is 119 cm³/mol. The Morgan fingerprint density at radius 3 is 2.23 bits per heavy atom. The summed E-state index contributed by atoms with van der Waals surface area (Å²) in [5, 5.41) is 11.1. The van der Waals surface area contributed by atoms with Gasteiger partial charge in [0.2, 0.25) is 0 Å². The third-order valence-corrected chi connectivity index (χ3v) is 5.83. The molecule has 0 saturated carbocycles. The average molecular weight is 407 g/mol. The van der Waals surface area contributed by atoms with Gasteiger partial charge >= 0.3 is 0 Å². The SMILES string of the molecule is COc1ccc(-c2[nH]ncc2CNCC(c2ccc(OC)cc2)N2CCCC2)cc1. The molecule has 0 bridgehead atoms. The van der Waals surface area contributed by atoms with E-state index in [9.17, 15) is 0 Å². The van der Waals surface area contributed by atoms with E-state index in [0.717, 1.165) is 54.5 Å². The summed E-state index contributed by atoms with van der Waals surface area (Å²) in [4.78, 5) is 2.58. The first-order valence-corrected chi connectivity index (χ1v) is 10.5. The van der Waals surface area contributed by atoms with Crippen molar-refractivity contribution in [2.24, 2.45) is 0 Å². The molecule has 2 heterocycles. The van der Waals surface area contributed by atoms with Crippen LogP contribution in [0.15, 0.2) is 54.7 Å². The van der Waals surface area contributed by atoms with Gasteiger partial charge in [0.1, 0.15) is 11.5 Å². The van der Waals surface area contributed by atoms with Crippen LogP contribution in [0.25, 0.3) is 11.3 Å². The van der Waals surface area contributed by atoms with E-state index < -0.39 is 0 Å². The lowest BCUT2D eigenvalue weighted by Gasteiger charge is -2.28. The monoisotopic (exact) mass is 406 g/mol. The number of ether oxygens (including phenoxy) is 2. The van der Waals surface area contributed by atoms with Gasteiger partial charge in [-0.3, -0.25) is 10.00 Å². The van der Waals surface area contributed by atoms with Crippen molar-refractivity contribution in [3.05, 3.63) is 65.9 Å². The zero-order chi connectivity index (χ0) is 20.8. The molecule has 6 nitrogen and oxygen atoms in total. The second kappa shape index (κ2) is 9.78. The normalized spacial score (nSPS) is 15.3. The van der Waals surface area contributed by atoms with Crippen LogP contribution in [0.4, 0.5) is 0 Å². The number of aromatic nitrogens is 2. The lowest BCUT2D eigenvalue weighted by atomic mass is 10.0. The molecule has 0 amide bonds. The van der Waals surface area contributed by atoms with Gasteiger partial charge in [-0.2, -0.15) is 5.10 Å². The van der Waals surface area contributed by atoms with Crippen LogP contribution in [0.3, 0.4) is 0 Å². The zero-order valence-corrected chi connectivity index (χ0v) is 17.7. The lowest BCUT2D eigenvalue weighted by Crippen LogP contribution is -2.34. The van der Waals surface area contributed by atoms with Crippen LogP contribution < -0.4 is 14.8 Å². The molecule has 4 rings (SSSR count). The van der Waals surface area contributed by atoms with Gasteiger partial charge < -0.3 is 14.8 Å². The van der Waals surface area contributed by atoms with Crippen molar-refractivity contribution in [2.75, 3.05) is 33.9 Å². The standard InChI is InChI=1S/C24H30N4O2/c1-29-21-9-5-18(6-10-21)23(28-13-3-4-14-28)17-25-15-20-16-26-27-24(20)19-7-11-22(30-2)12-8-19/h5-12,16,23,25H,3-4,13-15,17H2,1-2H3,(H,26,27). The van der Waals surface area contributed by atoms with Crippen molar-refractivity contribution in [1.29, 1.82) is 0 Å². The van der Waals surface area contributed by atoms with E-state index >= 15 is 0 Å². The largest absolute Gasteiger partial charge is 0.497 e. The Bertz CT molecular complexity index is 915. The maximum Gasteiger partial charge on any atom is 0.118 e. The highest BCUT2D eigenvalue weighted by Crippen LogP contribution is 2.27. The highest BCUT2D eigenvalue weighted by Gasteiger charge is 2.23. The Balaban J connectivity index is 1.43. The highest BCUT2D eigenvalue weighted by molar-refractivity contribution is 5.63. The molecule has 1 saturated heterocycles. The van der Waals surface area contributed by atoms with Crippen LogP contribution >= 0.6 is 0 Å². The van der Waals surface area contributed by atoms with E-state index in [0.29, 0.717) is 6.04 Å². The number of nitrogens with zero attached hydrogens (tertiary/aromatic N) is 2. The minimum absolute atomic E-state index is 0.356. The van der Waals surface area contributed by atoms with Crippen molar-refractivity contribution in [3.63, 3.8) is 0 Å². The van der Waals surface area contributed by atoms with E-state index in [1.807, 2.05) is 18.3 Å². The average Bonchev–Trinajstić information content (AvgIpc) is 3.49. The Morgan fingerprint density at radius 1 is 0.967 bits per heavy atom. The first kappa shape index (κ1) is 20.4. The number of methoxy groups -OCH3 is 2. The van der Waals surface area contributed by atoms with Crippen molar-refractivity contribution >= 4 is 0 Å². The summed E-state index contributed by atoms with van der Waals surface area (Å²) >= 11 is 0. The summed E-state index contributed by atoms with van der Waals surface area (Å²) in [5.74, 6) is 1.75. The van der Waals surface area contributed by atoms with Crippen molar-refractivity contribution in [2.45, 2.75) is 25.4 Å². The molecule has 3 aromatic rings. The van der Waals surface area contributed by atoms with Crippen LogP contribution in [0.1, 0.15) is 30.0 Å². The van der Waals surface area contributed by atoms with Crippen LogP contribution in [0.5, 0.6) is 11.5 Å². The number of nitrogens with one attached hydrogen (secondary N) is 2. The van der Waals surface area contributed by atoms with Crippen LogP contribution in [-0.4, -0.2) is 49.0 Å². The number of rotatable bonds is 9. The van der Waals surface area contributed by atoms with Crippen molar-refractivity contribution in [1.82, 2.24) is 20.4 Å². The molecule has 158 valence electrons. The third-order valence-electron chi connectivity index (χ3n) is 5.83. The molecule has 1 atom stereocenters. The Hall–Kier alpha value is -2.83. The van der Waals surface area contributed by atoms with Crippen molar-refractivity contribution in [3.8, 4) is 22.8 Å². The van der Waals surface area contributed by atoms with Crippen LogP contribution in [-0.2, 0) is 6.54 Å². The quantitative estimate of drug-likeness (QED) is 0.562. The molecule has 0 aliphatic carbocycles. The van der Waals surface area contributed by atoms with Crippen molar-refractivity contribution < 1.29 is 9.47 Å². The molecule has 0 radical (unpaired) electrons. The molecule has 2 N–H and O–H groups in total. The number of H-pyrrole nitrogens is 1. The van der Waals surface area contributed by atoms with Gasteiger partial charge in [0.05, 0.1) is 26.1 Å². The fourth-order valence-electron chi connectivity index (χ4n) is 4.13. The Labute approximate surface area is 178 Å². The lowest BCUT2D eigenvalue weighted by molar-refractivity contribution is 0.238. The van der Waals surface area contributed by atoms with E-state index in [-0.39, 0.29) is 0 Å². The summed E-state index contributed by atoms with van der Waals surface area (Å²) in [6, 6.07) is 16.9. The smallest absolute Gasteiger partial charge is 0.118 e. The second-order valence-electron chi connectivity index (χ2n) is 7.66. The van der Waals surface area contributed by atoms with Gasteiger partial charge in [0, 0.05) is 30.3 Å². The van der Waals surface area contributed by atoms with E-state index in [4.69, 9.17) is 9.47 Å². The number of hydrogen-bond donors (Lipinski definition) is 2. The maximum absolute atomic E-state index is 5.33. The molecule has 1 fully saturated rings. The van der Waals surface area contributed by atoms with E-state index in [1.54, 1.807) is 14.2 Å². The summed E-state index contributed by atoms with van der Waals surface area (Å²) in [5.41, 5.74) is 4.64. The van der Waals surface area contributed by atoms with E-state index in [1.165, 1.54) is 18.4 Å². The van der Waals surface area contributed by atoms with Gasteiger partial charge in [-0.05, 0) is 67.9 Å². The molecule has 1 aliphatic rings. The summed E-state index contributed by atoms with van der Waals surface area (Å²) in [6.07, 6.45) is 4.46. The highest BCUT2D eigenvalue weighted by atomic mass is 16.5. The number of hydrogen-bond acceptors (Lipinski definition) is 5. The van der Waals surface area contributed by atoms with E-state index in [2.05, 4.69) is 56.8 Å². The third kappa shape index (κ3) is 4.66. The topological polar surface area (TPSA) is 62.4 Å². The first-order valence-electron chi connectivity index (χ1n) is 10.5. The summed E-state index contributed by atoms with van der Waals surface area (Å²) in [6.45, 7) is 3.96.